The lowest BCUT2D eigenvalue weighted by Crippen LogP contribution is -2.15. The zero-order valence-corrected chi connectivity index (χ0v) is 17.9. The summed E-state index contributed by atoms with van der Waals surface area (Å²) in [5.41, 5.74) is 2.11. The van der Waals surface area contributed by atoms with Crippen LogP contribution in [0.5, 0.6) is 5.75 Å². The second-order valence-corrected chi connectivity index (χ2v) is 7.25. The van der Waals surface area contributed by atoms with E-state index < -0.39 is 0 Å². The van der Waals surface area contributed by atoms with Gasteiger partial charge in [-0.3, -0.25) is 0 Å². The van der Waals surface area contributed by atoms with E-state index in [9.17, 15) is 0 Å². The van der Waals surface area contributed by atoms with E-state index in [0.717, 1.165) is 47.4 Å². The van der Waals surface area contributed by atoms with Gasteiger partial charge in [-0.2, -0.15) is 4.68 Å². The highest BCUT2D eigenvalue weighted by Gasteiger charge is 2.08. The number of hydrogen-bond acceptors (Lipinski definition) is 6. The molecule has 0 unspecified atom stereocenters. The summed E-state index contributed by atoms with van der Waals surface area (Å²) in [6.45, 7) is 4.24. The summed E-state index contributed by atoms with van der Waals surface area (Å²) >= 11 is 7.87. The lowest BCUT2D eigenvalue weighted by atomic mass is 10.2. The maximum Gasteiger partial charge on any atom is 0.214 e. The lowest BCUT2D eigenvalue weighted by Gasteiger charge is -2.09. The summed E-state index contributed by atoms with van der Waals surface area (Å²) in [4.78, 5) is 0. The number of halogens is 2. The molecule has 2 aromatic carbocycles. The summed E-state index contributed by atoms with van der Waals surface area (Å²) in [7, 11) is 0. The van der Waals surface area contributed by atoms with Gasteiger partial charge in [0, 0.05) is 12.3 Å². The van der Waals surface area contributed by atoms with E-state index in [1.807, 2.05) is 55.5 Å². The average molecular weight is 440 g/mol. The minimum absolute atomic E-state index is 0. The quantitative estimate of drug-likeness (QED) is 0.372. The van der Waals surface area contributed by atoms with Crippen molar-refractivity contribution in [3.05, 3.63) is 59.1 Å². The molecular formula is C19H23Cl2N5OS. The van der Waals surface area contributed by atoms with E-state index in [0.29, 0.717) is 11.6 Å². The van der Waals surface area contributed by atoms with Crippen LogP contribution in [0, 0.1) is 0 Å². The van der Waals surface area contributed by atoms with Crippen LogP contribution in [-0.4, -0.2) is 39.1 Å². The second-order valence-electron chi connectivity index (χ2n) is 5.79. The molecule has 1 aromatic heterocycles. The molecule has 9 heteroatoms. The Bertz CT molecular complexity index is 847. The molecule has 0 fully saturated rings. The number of thioether (sulfide) groups is 1. The number of tetrazole rings is 1. The van der Waals surface area contributed by atoms with E-state index in [-0.39, 0.29) is 12.4 Å². The molecule has 0 atom stereocenters. The molecule has 3 aromatic rings. The number of nitrogens with one attached hydrogen (secondary N) is 1. The highest BCUT2D eigenvalue weighted by molar-refractivity contribution is 7.99. The topological polar surface area (TPSA) is 64.9 Å². The fourth-order valence-electron chi connectivity index (χ4n) is 2.52. The number of hydrogen-bond donors (Lipinski definition) is 1. The fourth-order valence-corrected chi connectivity index (χ4v) is 3.61. The van der Waals surface area contributed by atoms with E-state index in [4.69, 9.17) is 16.3 Å². The fraction of sp³-hybridized carbons (Fsp3) is 0.316. The normalized spacial score (nSPS) is 10.5. The number of benzene rings is 2. The summed E-state index contributed by atoms with van der Waals surface area (Å²) < 4.78 is 7.22. The zero-order valence-electron chi connectivity index (χ0n) is 15.5. The molecule has 1 heterocycles. The molecule has 6 nitrogen and oxygen atoms in total. The van der Waals surface area contributed by atoms with Gasteiger partial charge in [0.05, 0.1) is 17.3 Å². The maximum absolute atomic E-state index is 6.22. The number of ether oxygens (including phenoxy) is 1. The zero-order chi connectivity index (χ0) is 18.9. The van der Waals surface area contributed by atoms with Crippen LogP contribution < -0.4 is 10.1 Å². The number of rotatable bonds is 10. The molecule has 3 rings (SSSR count). The first-order chi connectivity index (χ1) is 13.3. The van der Waals surface area contributed by atoms with Gasteiger partial charge in [-0.25, -0.2) is 0 Å². The predicted molar refractivity (Wildman–Crippen MR) is 116 cm³/mol. The molecule has 150 valence electrons. The molecule has 0 saturated heterocycles. The van der Waals surface area contributed by atoms with Gasteiger partial charge < -0.3 is 10.1 Å². The van der Waals surface area contributed by atoms with Gasteiger partial charge in [-0.15, -0.1) is 17.5 Å². The molecule has 0 aliphatic heterocycles. The average Bonchev–Trinajstić information content (AvgIpc) is 3.16. The van der Waals surface area contributed by atoms with E-state index >= 15 is 0 Å². The minimum atomic E-state index is 0. The highest BCUT2D eigenvalue weighted by Crippen LogP contribution is 2.25. The van der Waals surface area contributed by atoms with Crippen LogP contribution in [-0.2, 0) is 6.54 Å². The summed E-state index contributed by atoms with van der Waals surface area (Å²) in [5, 5.41) is 16.9. The first kappa shape index (κ1) is 22.5. The number of aromatic nitrogens is 4. The van der Waals surface area contributed by atoms with Crippen LogP contribution in [0.3, 0.4) is 0 Å². The molecule has 0 radical (unpaired) electrons. The Morgan fingerprint density at radius 2 is 2.00 bits per heavy atom. The SMILES string of the molecule is CCOc1ccc(CNCCCSc2nnnn2-c2ccccc2)cc1Cl.Cl. The van der Waals surface area contributed by atoms with Gasteiger partial charge in [0.25, 0.3) is 0 Å². The van der Waals surface area contributed by atoms with Gasteiger partial charge in [-0.05, 0) is 60.1 Å². The summed E-state index contributed by atoms with van der Waals surface area (Å²) in [5.74, 6) is 1.67. The smallest absolute Gasteiger partial charge is 0.214 e. The van der Waals surface area contributed by atoms with Crippen LogP contribution in [0.4, 0.5) is 0 Å². The Kier molecular flexibility index (Phi) is 9.57. The Balaban J connectivity index is 0.00000280. The second kappa shape index (κ2) is 11.9. The van der Waals surface area contributed by atoms with Crippen molar-refractivity contribution in [1.29, 1.82) is 0 Å². The van der Waals surface area contributed by atoms with Crippen molar-refractivity contribution >= 4 is 35.8 Å². The van der Waals surface area contributed by atoms with Crippen LogP contribution in [0.15, 0.2) is 53.7 Å². The molecule has 0 spiro atoms. The minimum Gasteiger partial charge on any atom is -0.492 e. The monoisotopic (exact) mass is 439 g/mol. The van der Waals surface area contributed by atoms with Crippen molar-refractivity contribution in [2.75, 3.05) is 18.9 Å². The van der Waals surface area contributed by atoms with Crippen molar-refractivity contribution in [2.24, 2.45) is 0 Å². The molecule has 0 aliphatic rings. The Morgan fingerprint density at radius 1 is 1.18 bits per heavy atom. The van der Waals surface area contributed by atoms with Crippen molar-refractivity contribution in [3.8, 4) is 11.4 Å². The van der Waals surface area contributed by atoms with Crippen LogP contribution in [0.1, 0.15) is 18.9 Å². The van der Waals surface area contributed by atoms with Crippen LogP contribution in [0.25, 0.3) is 5.69 Å². The van der Waals surface area contributed by atoms with Gasteiger partial charge in [0.1, 0.15) is 5.75 Å². The molecule has 0 bridgehead atoms. The molecular weight excluding hydrogens is 417 g/mol. The van der Waals surface area contributed by atoms with E-state index in [2.05, 4.69) is 20.8 Å². The molecule has 1 N–H and O–H groups in total. The van der Waals surface area contributed by atoms with Crippen molar-refractivity contribution in [1.82, 2.24) is 25.5 Å². The third-order valence-electron chi connectivity index (χ3n) is 3.80. The maximum atomic E-state index is 6.22. The molecule has 28 heavy (non-hydrogen) atoms. The first-order valence-corrected chi connectivity index (χ1v) is 10.2. The summed E-state index contributed by atoms with van der Waals surface area (Å²) in [6, 6.07) is 15.8. The van der Waals surface area contributed by atoms with Gasteiger partial charge in [0.2, 0.25) is 5.16 Å². The Morgan fingerprint density at radius 3 is 2.75 bits per heavy atom. The van der Waals surface area contributed by atoms with Crippen molar-refractivity contribution in [2.45, 2.75) is 25.0 Å². The summed E-state index contributed by atoms with van der Waals surface area (Å²) in [6.07, 6.45) is 1.01. The third kappa shape index (κ3) is 6.38. The van der Waals surface area contributed by atoms with Gasteiger partial charge in [0.15, 0.2) is 0 Å². The van der Waals surface area contributed by atoms with E-state index in [1.54, 1.807) is 16.4 Å². The van der Waals surface area contributed by atoms with Crippen LogP contribution in [0.2, 0.25) is 5.02 Å². The highest BCUT2D eigenvalue weighted by atomic mass is 35.5. The van der Waals surface area contributed by atoms with E-state index in [1.165, 1.54) is 0 Å². The van der Waals surface area contributed by atoms with Crippen molar-refractivity contribution < 1.29 is 4.74 Å². The molecule has 0 aliphatic carbocycles. The molecule has 0 amide bonds. The predicted octanol–water partition coefficient (Wildman–Crippen LogP) is 4.41. The number of para-hydroxylation sites is 1. The molecule has 0 saturated carbocycles. The largest absolute Gasteiger partial charge is 0.492 e. The van der Waals surface area contributed by atoms with Gasteiger partial charge >= 0.3 is 0 Å². The van der Waals surface area contributed by atoms with Crippen molar-refractivity contribution in [3.63, 3.8) is 0 Å². The number of nitrogens with zero attached hydrogens (tertiary/aromatic N) is 4. The lowest BCUT2D eigenvalue weighted by molar-refractivity contribution is 0.340. The standard InChI is InChI=1S/C19H22ClN5OS.ClH/c1-2-26-18-10-9-15(13-17(18)20)14-21-11-6-12-27-19-22-23-24-25(19)16-7-4-3-5-8-16;/h3-5,7-10,13,21H,2,6,11-12,14H2,1H3;1H. The Hall–Kier alpha value is -1.80. The third-order valence-corrected chi connectivity index (χ3v) is 5.10. The first-order valence-electron chi connectivity index (χ1n) is 8.86. The Labute approximate surface area is 180 Å². The van der Waals surface area contributed by atoms with Crippen LogP contribution >= 0.6 is 35.8 Å². The van der Waals surface area contributed by atoms with Gasteiger partial charge in [-0.1, -0.05) is 47.6 Å².